The molecule has 0 aromatic heterocycles. The van der Waals surface area contributed by atoms with Crippen LogP contribution in [0, 0.1) is 0 Å². The first kappa shape index (κ1) is 18.4. The van der Waals surface area contributed by atoms with Crippen LogP contribution < -0.4 is 15.4 Å². The third kappa shape index (κ3) is 4.84. The normalized spacial score (nSPS) is 17.7. The van der Waals surface area contributed by atoms with Crippen molar-refractivity contribution in [2.45, 2.75) is 31.9 Å². The summed E-state index contributed by atoms with van der Waals surface area (Å²) in [6, 6.07) is 16.8. The van der Waals surface area contributed by atoms with E-state index in [-0.39, 0.29) is 12.0 Å². The van der Waals surface area contributed by atoms with Gasteiger partial charge in [0, 0.05) is 13.2 Å². The van der Waals surface area contributed by atoms with Crippen LogP contribution in [0.2, 0.25) is 0 Å². The summed E-state index contributed by atoms with van der Waals surface area (Å²) in [4.78, 5) is 13.0. The summed E-state index contributed by atoms with van der Waals surface area (Å²) in [5.41, 5.74) is 1.61. The molecule has 0 aliphatic carbocycles. The average Bonchev–Trinajstić information content (AvgIpc) is 3.18. The van der Waals surface area contributed by atoms with Gasteiger partial charge in [-0.2, -0.15) is 0 Å². The smallest absolute Gasteiger partial charge is 0.246 e. The molecule has 2 aromatic rings. The van der Waals surface area contributed by atoms with E-state index < -0.39 is 6.04 Å². The Bertz CT molecular complexity index is 699. The minimum absolute atomic E-state index is 0.110. The topological polar surface area (TPSA) is 59.6 Å². The van der Waals surface area contributed by atoms with Crippen LogP contribution in [0.15, 0.2) is 54.6 Å². The van der Waals surface area contributed by atoms with Crippen LogP contribution in [0.4, 0.5) is 5.69 Å². The Balaban J connectivity index is 1.74. The van der Waals surface area contributed by atoms with Gasteiger partial charge >= 0.3 is 0 Å². The van der Waals surface area contributed by atoms with E-state index in [0.29, 0.717) is 24.6 Å². The molecule has 26 heavy (non-hydrogen) atoms. The van der Waals surface area contributed by atoms with Crippen molar-refractivity contribution in [3.8, 4) is 5.75 Å². The monoisotopic (exact) mass is 354 g/mol. The molecule has 0 saturated carbocycles. The van der Waals surface area contributed by atoms with Gasteiger partial charge < -0.3 is 14.8 Å². The van der Waals surface area contributed by atoms with Gasteiger partial charge in [0.25, 0.3) is 0 Å². The fourth-order valence-electron chi connectivity index (χ4n) is 3.12. The second kappa shape index (κ2) is 9.36. The Morgan fingerprint density at radius 2 is 1.96 bits per heavy atom. The van der Waals surface area contributed by atoms with E-state index in [0.717, 1.165) is 25.0 Å². The molecule has 0 spiro atoms. The highest BCUT2D eigenvalue weighted by atomic mass is 16.5. The molecule has 1 saturated heterocycles. The van der Waals surface area contributed by atoms with Crippen molar-refractivity contribution in [1.82, 2.24) is 5.32 Å². The molecule has 2 aromatic carbocycles. The lowest BCUT2D eigenvalue weighted by molar-refractivity contribution is -0.118. The number of ether oxygens (including phenoxy) is 2. The summed E-state index contributed by atoms with van der Waals surface area (Å²) in [7, 11) is 0. The predicted octanol–water partition coefficient (Wildman–Crippen LogP) is 3.53. The van der Waals surface area contributed by atoms with E-state index in [2.05, 4.69) is 10.6 Å². The van der Waals surface area contributed by atoms with Crippen LogP contribution in [-0.2, 0) is 9.53 Å². The summed E-state index contributed by atoms with van der Waals surface area (Å²) in [5.74, 6) is 0.565. The first-order valence-corrected chi connectivity index (χ1v) is 9.20. The third-order valence-corrected chi connectivity index (χ3v) is 4.41. The maximum atomic E-state index is 13.0. The van der Waals surface area contributed by atoms with Gasteiger partial charge in [0.15, 0.2) is 0 Å². The molecule has 5 heteroatoms. The largest absolute Gasteiger partial charge is 0.492 e. The second-order valence-electron chi connectivity index (χ2n) is 6.31. The van der Waals surface area contributed by atoms with Crippen molar-refractivity contribution in [3.05, 3.63) is 60.2 Å². The van der Waals surface area contributed by atoms with Gasteiger partial charge in [-0.3, -0.25) is 10.1 Å². The van der Waals surface area contributed by atoms with Crippen molar-refractivity contribution in [3.63, 3.8) is 0 Å². The highest BCUT2D eigenvalue weighted by molar-refractivity contribution is 5.96. The first-order valence-electron chi connectivity index (χ1n) is 9.20. The van der Waals surface area contributed by atoms with E-state index in [1.54, 1.807) is 0 Å². The maximum absolute atomic E-state index is 13.0. The zero-order chi connectivity index (χ0) is 18.2. The zero-order valence-corrected chi connectivity index (χ0v) is 15.1. The van der Waals surface area contributed by atoms with Crippen molar-refractivity contribution < 1.29 is 14.3 Å². The van der Waals surface area contributed by atoms with E-state index in [1.165, 1.54) is 0 Å². The van der Waals surface area contributed by atoms with Crippen LogP contribution in [0.5, 0.6) is 5.75 Å². The van der Waals surface area contributed by atoms with E-state index in [1.807, 2.05) is 61.5 Å². The van der Waals surface area contributed by atoms with Gasteiger partial charge in [0.05, 0.1) is 18.4 Å². The Hall–Kier alpha value is -2.37. The van der Waals surface area contributed by atoms with Gasteiger partial charge in [-0.25, -0.2) is 0 Å². The van der Waals surface area contributed by atoms with Crippen LogP contribution in [-0.4, -0.2) is 31.8 Å². The lowest BCUT2D eigenvalue weighted by atomic mass is 10.1. The van der Waals surface area contributed by atoms with Crippen LogP contribution in [0.1, 0.15) is 31.4 Å². The Morgan fingerprint density at radius 3 is 2.69 bits per heavy atom. The quantitative estimate of drug-likeness (QED) is 0.761. The molecule has 1 fully saturated rings. The fraction of sp³-hybridized carbons (Fsp3) is 0.381. The summed E-state index contributed by atoms with van der Waals surface area (Å²) in [6.45, 7) is 3.93. The molecule has 3 rings (SSSR count). The Kier molecular flexibility index (Phi) is 6.63. The average molecular weight is 354 g/mol. The fourth-order valence-corrected chi connectivity index (χ4v) is 3.12. The molecule has 2 N–H and O–H groups in total. The maximum Gasteiger partial charge on any atom is 0.246 e. The Morgan fingerprint density at radius 1 is 1.19 bits per heavy atom. The summed E-state index contributed by atoms with van der Waals surface area (Å²) in [5, 5.41) is 6.37. The number of para-hydroxylation sites is 2. The summed E-state index contributed by atoms with van der Waals surface area (Å²) >= 11 is 0. The number of nitrogens with one attached hydrogen (secondary N) is 2. The number of rotatable bonds is 8. The first-order chi connectivity index (χ1) is 12.8. The zero-order valence-electron chi connectivity index (χ0n) is 15.1. The van der Waals surface area contributed by atoms with Crippen molar-refractivity contribution >= 4 is 11.6 Å². The molecular formula is C21H26N2O3. The predicted molar refractivity (Wildman–Crippen MR) is 102 cm³/mol. The SMILES string of the molecule is CCOc1ccccc1NC(=O)[C@H](NC[C@H]1CCCO1)c1ccccc1. The lowest BCUT2D eigenvalue weighted by Gasteiger charge is -2.21. The molecule has 0 radical (unpaired) electrons. The number of carbonyl (C=O) groups excluding carboxylic acids is 1. The minimum atomic E-state index is -0.449. The molecule has 0 bridgehead atoms. The third-order valence-electron chi connectivity index (χ3n) is 4.41. The van der Waals surface area contributed by atoms with Gasteiger partial charge in [0.1, 0.15) is 11.8 Å². The van der Waals surface area contributed by atoms with E-state index >= 15 is 0 Å². The van der Waals surface area contributed by atoms with Gasteiger partial charge in [-0.05, 0) is 37.5 Å². The van der Waals surface area contributed by atoms with Gasteiger partial charge in [-0.15, -0.1) is 0 Å². The van der Waals surface area contributed by atoms with Crippen LogP contribution >= 0.6 is 0 Å². The molecule has 1 amide bonds. The number of carbonyl (C=O) groups is 1. The van der Waals surface area contributed by atoms with Crippen LogP contribution in [0.3, 0.4) is 0 Å². The second-order valence-corrected chi connectivity index (χ2v) is 6.31. The van der Waals surface area contributed by atoms with Gasteiger partial charge in [-0.1, -0.05) is 42.5 Å². The number of benzene rings is 2. The Labute approximate surface area is 154 Å². The highest BCUT2D eigenvalue weighted by Gasteiger charge is 2.24. The van der Waals surface area contributed by atoms with Crippen molar-refractivity contribution in [2.24, 2.45) is 0 Å². The molecule has 5 nitrogen and oxygen atoms in total. The van der Waals surface area contributed by atoms with Gasteiger partial charge in [0.2, 0.25) is 5.91 Å². The summed E-state index contributed by atoms with van der Waals surface area (Å²) in [6.07, 6.45) is 2.28. The standard InChI is InChI=1S/C21H26N2O3/c1-2-25-19-13-7-6-12-18(19)23-21(24)20(16-9-4-3-5-10-16)22-15-17-11-8-14-26-17/h3-7,9-10,12-13,17,20,22H,2,8,11,14-15H2,1H3,(H,23,24)/t17-,20-/m1/s1. The molecule has 138 valence electrons. The van der Waals surface area contributed by atoms with E-state index in [4.69, 9.17) is 9.47 Å². The van der Waals surface area contributed by atoms with Crippen molar-refractivity contribution in [2.75, 3.05) is 25.1 Å². The molecule has 0 unspecified atom stereocenters. The van der Waals surface area contributed by atoms with Crippen LogP contribution in [0.25, 0.3) is 0 Å². The lowest BCUT2D eigenvalue weighted by Crippen LogP contribution is -2.37. The number of anilines is 1. The molecule has 1 aliphatic rings. The van der Waals surface area contributed by atoms with Crippen molar-refractivity contribution in [1.29, 1.82) is 0 Å². The number of hydrogen-bond donors (Lipinski definition) is 2. The number of amides is 1. The number of hydrogen-bond acceptors (Lipinski definition) is 4. The minimum Gasteiger partial charge on any atom is -0.492 e. The molecule has 1 heterocycles. The molecule has 2 atom stereocenters. The molecular weight excluding hydrogens is 328 g/mol. The molecule has 1 aliphatic heterocycles. The highest BCUT2D eigenvalue weighted by Crippen LogP contribution is 2.25. The summed E-state index contributed by atoms with van der Waals surface area (Å²) < 4.78 is 11.3. The van der Waals surface area contributed by atoms with E-state index in [9.17, 15) is 4.79 Å².